The first-order chi connectivity index (χ1) is 19.4. The van der Waals surface area contributed by atoms with E-state index in [1.807, 2.05) is 86.8 Å². The molecule has 0 fully saturated rings. The predicted molar refractivity (Wildman–Crippen MR) is 159 cm³/mol. The molecule has 0 saturated heterocycles. The third-order valence-electron chi connectivity index (χ3n) is 7.45. The van der Waals surface area contributed by atoms with Gasteiger partial charge in [-0.15, -0.1) is 0 Å². The number of carbonyl (C=O) groups excluding carboxylic acids is 1. The molecule has 3 heterocycles. The first-order valence-corrected chi connectivity index (χ1v) is 13.8. The molecule has 0 unspecified atom stereocenters. The largest absolute Gasteiger partial charge is 0.497 e. The molecule has 1 atom stereocenters. The Labute approximate surface area is 235 Å². The first-order valence-electron chi connectivity index (χ1n) is 12.9. The zero-order valence-electron chi connectivity index (χ0n) is 22.6. The first kappa shape index (κ1) is 25.6. The van der Waals surface area contributed by atoms with E-state index in [0.29, 0.717) is 32.0 Å². The van der Waals surface area contributed by atoms with Crippen molar-refractivity contribution in [2.24, 2.45) is 12.0 Å². The second kappa shape index (κ2) is 10.1. The number of anilines is 1. The summed E-state index contributed by atoms with van der Waals surface area (Å²) in [6.45, 7) is 3.88. The number of hydrogen-bond donors (Lipinski definition) is 1. The molecule has 1 aliphatic heterocycles. The average Bonchev–Trinajstić information content (AvgIpc) is 3.41. The fourth-order valence-corrected chi connectivity index (χ4v) is 6.33. The van der Waals surface area contributed by atoms with Gasteiger partial charge in [0.1, 0.15) is 5.75 Å². The molecule has 1 amide bonds. The van der Waals surface area contributed by atoms with E-state index >= 15 is 0 Å². The minimum absolute atomic E-state index is 0.186. The number of allylic oxidation sites excluding steroid dienone is 1. The third-order valence-corrected chi connectivity index (χ3v) is 8.44. The van der Waals surface area contributed by atoms with Gasteiger partial charge in [0.25, 0.3) is 11.5 Å². The summed E-state index contributed by atoms with van der Waals surface area (Å²) in [5, 5.41) is 4.07. The summed E-state index contributed by atoms with van der Waals surface area (Å²) in [6, 6.07) is 24.3. The number of ether oxygens (including phenoxy) is 1. The van der Waals surface area contributed by atoms with Gasteiger partial charge < -0.3 is 14.6 Å². The number of methoxy groups -OCH3 is 1. The smallest absolute Gasteiger partial charge is 0.271 e. The summed E-state index contributed by atoms with van der Waals surface area (Å²) in [6.07, 6.45) is 1.95. The van der Waals surface area contributed by atoms with Gasteiger partial charge in [0.2, 0.25) is 0 Å². The van der Waals surface area contributed by atoms with Crippen molar-refractivity contribution in [3.05, 3.63) is 127 Å². The molecular formula is C32H28N4O3S. The highest BCUT2D eigenvalue weighted by Gasteiger charge is 2.32. The Morgan fingerprint density at radius 3 is 2.42 bits per heavy atom. The van der Waals surface area contributed by atoms with Gasteiger partial charge in [0.15, 0.2) is 4.80 Å². The van der Waals surface area contributed by atoms with Crippen LogP contribution in [0.4, 0.5) is 5.69 Å². The summed E-state index contributed by atoms with van der Waals surface area (Å²) in [7, 11) is 3.64. The van der Waals surface area contributed by atoms with Crippen molar-refractivity contribution < 1.29 is 9.53 Å². The molecule has 1 aliphatic rings. The van der Waals surface area contributed by atoms with Crippen LogP contribution in [0.3, 0.4) is 0 Å². The average molecular weight is 549 g/mol. The molecule has 0 aliphatic carbocycles. The number of aryl methyl sites for hydroxylation is 1. The maximum atomic E-state index is 14.1. The molecule has 40 heavy (non-hydrogen) atoms. The minimum Gasteiger partial charge on any atom is -0.497 e. The fourth-order valence-electron chi connectivity index (χ4n) is 5.30. The molecule has 1 N–H and O–H groups in total. The van der Waals surface area contributed by atoms with E-state index in [0.717, 1.165) is 27.7 Å². The van der Waals surface area contributed by atoms with Crippen LogP contribution in [-0.2, 0) is 11.8 Å². The van der Waals surface area contributed by atoms with Gasteiger partial charge in [-0.2, -0.15) is 0 Å². The van der Waals surface area contributed by atoms with Crippen LogP contribution in [0.2, 0.25) is 0 Å². The maximum Gasteiger partial charge on any atom is 0.271 e. The van der Waals surface area contributed by atoms with E-state index in [1.54, 1.807) is 11.7 Å². The van der Waals surface area contributed by atoms with Crippen LogP contribution in [0.1, 0.15) is 29.8 Å². The van der Waals surface area contributed by atoms with Gasteiger partial charge in [-0.05, 0) is 55.8 Å². The Kier molecular flexibility index (Phi) is 6.48. The van der Waals surface area contributed by atoms with Crippen molar-refractivity contribution in [1.82, 2.24) is 9.13 Å². The van der Waals surface area contributed by atoms with Crippen LogP contribution < -0.4 is 24.9 Å². The summed E-state index contributed by atoms with van der Waals surface area (Å²) in [5.41, 5.74) is 5.45. The molecule has 7 nitrogen and oxygen atoms in total. The number of carbonyl (C=O) groups is 1. The summed E-state index contributed by atoms with van der Waals surface area (Å²) in [4.78, 5) is 33.2. The van der Waals surface area contributed by atoms with Crippen molar-refractivity contribution in [2.75, 3.05) is 12.4 Å². The van der Waals surface area contributed by atoms with Crippen molar-refractivity contribution in [1.29, 1.82) is 0 Å². The highest BCUT2D eigenvalue weighted by molar-refractivity contribution is 7.07. The lowest BCUT2D eigenvalue weighted by Gasteiger charge is -2.25. The van der Waals surface area contributed by atoms with Crippen molar-refractivity contribution in [3.63, 3.8) is 0 Å². The van der Waals surface area contributed by atoms with E-state index < -0.39 is 6.04 Å². The number of fused-ring (bicyclic) bond motifs is 2. The van der Waals surface area contributed by atoms with Crippen molar-refractivity contribution in [3.8, 4) is 5.75 Å². The van der Waals surface area contributed by atoms with E-state index in [4.69, 9.17) is 9.73 Å². The molecule has 5 aromatic rings. The number of nitrogens with one attached hydrogen (secondary N) is 1. The number of nitrogens with zero attached hydrogens (tertiary/aromatic N) is 3. The summed E-state index contributed by atoms with van der Waals surface area (Å²) < 4.78 is 9.70. The van der Waals surface area contributed by atoms with E-state index in [2.05, 4.69) is 28.9 Å². The number of amides is 1. The van der Waals surface area contributed by atoms with Crippen LogP contribution in [0.15, 0.2) is 99.9 Å². The molecule has 0 spiro atoms. The number of para-hydroxylation sites is 2. The summed E-state index contributed by atoms with van der Waals surface area (Å²) >= 11 is 1.34. The number of aromatic nitrogens is 2. The third kappa shape index (κ3) is 4.26. The Hall–Kier alpha value is -4.69. The second-order valence-electron chi connectivity index (χ2n) is 9.75. The van der Waals surface area contributed by atoms with E-state index in [1.165, 1.54) is 11.3 Å². The van der Waals surface area contributed by atoms with Gasteiger partial charge in [-0.25, -0.2) is 4.99 Å². The monoisotopic (exact) mass is 548 g/mol. The highest BCUT2D eigenvalue weighted by atomic mass is 32.1. The molecule has 8 heteroatoms. The lowest BCUT2D eigenvalue weighted by molar-refractivity contribution is -0.113. The van der Waals surface area contributed by atoms with Crippen molar-refractivity contribution >= 4 is 39.9 Å². The van der Waals surface area contributed by atoms with Crippen LogP contribution in [0, 0.1) is 6.92 Å². The molecule has 2 aromatic heterocycles. The summed E-state index contributed by atoms with van der Waals surface area (Å²) in [5.74, 6) is 0.394. The number of rotatable bonds is 5. The van der Waals surface area contributed by atoms with Crippen LogP contribution in [-0.4, -0.2) is 22.2 Å². The lowest BCUT2D eigenvalue weighted by atomic mass is 9.95. The highest BCUT2D eigenvalue weighted by Crippen LogP contribution is 2.32. The standard InChI is InChI=1S/C32H28N4O3S/c1-19-28(30(37)34-22-10-6-5-7-11-22)29(21-14-16-23(39-4)17-15-21)36-31(38)27(40-32(36)33-19)18-25-20(2)35(3)26-13-9-8-12-24(25)26/h5-18,29H,1-4H3,(H,34,37)/b27-18+/t29-/m0/s1. The Balaban J connectivity index is 1.55. The molecule has 0 saturated carbocycles. The van der Waals surface area contributed by atoms with Crippen LogP contribution >= 0.6 is 11.3 Å². The van der Waals surface area contributed by atoms with Gasteiger partial charge >= 0.3 is 0 Å². The van der Waals surface area contributed by atoms with Gasteiger partial charge in [-0.3, -0.25) is 14.2 Å². The zero-order chi connectivity index (χ0) is 28.0. The van der Waals surface area contributed by atoms with E-state index in [9.17, 15) is 9.59 Å². The Morgan fingerprint density at radius 1 is 1.00 bits per heavy atom. The minimum atomic E-state index is -0.651. The number of hydrogen-bond acceptors (Lipinski definition) is 5. The van der Waals surface area contributed by atoms with Gasteiger partial charge in [-0.1, -0.05) is 59.9 Å². The SMILES string of the molecule is COc1ccc([C@H]2C(C(=O)Nc3ccccc3)=C(C)N=c3s/c(=C/c4c(C)n(C)c5ccccc45)c(=O)n32)cc1. The molecule has 6 rings (SSSR count). The zero-order valence-corrected chi connectivity index (χ0v) is 23.5. The van der Waals surface area contributed by atoms with Crippen LogP contribution in [0.25, 0.3) is 17.0 Å². The predicted octanol–water partition coefficient (Wildman–Crippen LogP) is 4.68. The maximum absolute atomic E-state index is 14.1. The van der Waals surface area contributed by atoms with Gasteiger partial charge in [0.05, 0.1) is 29.0 Å². The normalized spacial score (nSPS) is 15.2. The number of thiazole rings is 1. The molecular weight excluding hydrogens is 520 g/mol. The molecule has 200 valence electrons. The van der Waals surface area contributed by atoms with Crippen molar-refractivity contribution in [2.45, 2.75) is 19.9 Å². The topological polar surface area (TPSA) is 77.6 Å². The van der Waals surface area contributed by atoms with Crippen LogP contribution in [0.5, 0.6) is 5.75 Å². The molecule has 3 aromatic carbocycles. The Bertz CT molecular complexity index is 1980. The van der Waals surface area contributed by atoms with E-state index in [-0.39, 0.29) is 11.5 Å². The number of benzene rings is 3. The Morgan fingerprint density at radius 2 is 1.70 bits per heavy atom. The lowest BCUT2D eigenvalue weighted by Crippen LogP contribution is -2.40. The molecule has 0 bridgehead atoms. The fraction of sp³-hybridized carbons (Fsp3) is 0.156. The quantitative estimate of drug-likeness (QED) is 0.346. The molecule has 0 radical (unpaired) electrons. The van der Waals surface area contributed by atoms with Gasteiger partial charge in [0, 0.05) is 34.9 Å². The second-order valence-corrected chi connectivity index (χ2v) is 10.8.